The van der Waals surface area contributed by atoms with Gasteiger partial charge in [0.25, 0.3) is 5.91 Å². The van der Waals surface area contributed by atoms with Crippen LogP contribution < -0.4 is 15.4 Å². The van der Waals surface area contributed by atoms with Crippen LogP contribution in [0.5, 0.6) is 5.75 Å². The number of para-hydroxylation sites is 1. The number of ether oxygens (including phenoxy) is 1. The third-order valence-electron chi connectivity index (χ3n) is 6.57. The Morgan fingerprint density at radius 1 is 0.971 bits per heavy atom. The zero-order valence-electron chi connectivity index (χ0n) is 20.4. The van der Waals surface area contributed by atoms with Crippen molar-refractivity contribution in [3.63, 3.8) is 0 Å². The largest absolute Gasteiger partial charge is 0.496 e. The maximum atomic E-state index is 12.4. The summed E-state index contributed by atoms with van der Waals surface area (Å²) in [7, 11) is 1.73. The zero-order chi connectivity index (χ0) is 23.6. The van der Waals surface area contributed by atoms with Crippen LogP contribution in [0.2, 0.25) is 0 Å². The van der Waals surface area contributed by atoms with Gasteiger partial charge in [0.05, 0.1) is 13.2 Å². The molecule has 2 atom stereocenters. The van der Waals surface area contributed by atoms with Gasteiger partial charge in [0.2, 0.25) is 0 Å². The summed E-state index contributed by atoms with van der Waals surface area (Å²) < 4.78 is 5.55. The van der Waals surface area contributed by atoms with Gasteiger partial charge >= 0.3 is 0 Å². The molecule has 1 aliphatic heterocycles. The molecular formula is C29H36ClN3O2. The van der Waals surface area contributed by atoms with Crippen molar-refractivity contribution in [2.75, 3.05) is 26.7 Å². The molecule has 5 nitrogen and oxygen atoms in total. The topological polar surface area (TPSA) is 53.6 Å². The molecule has 1 aliphatic rings. The number of carbonyl (C=O) groups excluding carboxylic acids is 1. The third kappa shape index (κ3) is 7.31. The molecule has 2 N–H and O–H groups in total. The first-order chi connectivity index (χ1) is 16.8. The molecule has 0 aromatic heterocycles. The highest BCUT2D eigenvalue weighted by molar-refractivity contribution is 5.94. The number of piperidine rings is 1. The van der Waals surface area contributed by atoms with Gasteiger partial charge in [0.15, 0.2) is 0 Å². The van der Waals surface area contributed by atoms with E-state index in [4.69, 9.17) is 4.74 Å². The number of amides is 1. The van der Waals surface area contributed by atoms with E-state index in [2.05, 4.69) is 58.0 Å². The lowest BCUT2D eigenvalue weighted by Gasteiger charge is -2.42. The van der Waals surface area contributed by atoms with Crippen LogP contribution in [0, 0.1) is 0 Å². The van der Waals surface area contributed by atoms with E-state index in [9.17, 15) is 4.79 Å². The summed E-state index contributed by atoms with van der Waals surface area (Å²) in [5, 5.41) is 6.90. The number of likely N-dealkylation sites (tertiary alicyclic amines) is 1. The molecule has 6 heteroatoms. The van der Waals surface area contributed by atoms with Crippen LogP contribution in [-0.4, -0.2) is 43.6 Å². The molecule has 1 fully saturated rings. The number of benzene rings is 3. The van der Waals surface area contributed by atoms with Crippen LogP contribution in [-0.2, 0) is 6.54 Å². The van der Waals surface area contributed by atoms with E-state index in [1.807, 2.05) is 42.5 Å². The number of nitrogens with zero attached hydrogens (tertiary/aromatic N) is 1. The minimum absolute atomic E-state index is 0. The third-order valence-corrected chi connectivity index (χ3v) is 6.57. The Kier molecular flexibility index (Phi) is 10.6. The van der Waals surface area contributed by atoms with Crippen LogP contribution in [0.15, 0.2) is 84.9 Å². The molecule has 0 radical (unpaired) electrons. The van der Waals surface area contributed by atoms with Gasteiger partial charge in [0, 0.05) is 36.8 Å². The van der Waals surface area contributed by atoms with E-state index in [1.54, 1.807) is 7.11 Å². The Hall–Kier alpha value is -2.86. The van der Waals surface area contributed by atoms with Gasteiger partial charge in [-0.3, -0.25) is 9.69 Å². The predicted molar refractivity (Wildman–Crippen MR) is 144 cm³/mol. The lowest BCUT2D eigenvalue weighted by atomic mass is 9.90. The van der Waals surface area contributed by atoms with Gasteiger partial charge in [-0.05, 0) is 49.6 Å². The van der Waals surface area contributed by atoms with E-state index in [1.165, 1.54) is 11.1 Å². The van der Waals surface area contributed by atoms with Crippen LogP contribution in [0.1, 0.15) is 46.8 Å². The van der Waals surface area contributed by atoms with Gasteiger partial charge in [-0.25, -0.2) is 0 Å². The normalized spacial score (nSPS) is 17.9. The lowest BCUT2D eigenvalue weighted by Crippen LogP contribution is -2.48. The van der Waals surface area contributed by atoms with E-state index in [-0.39, 0.29) is 18.3 Å². The smallest absolute Gasteiger partial charge is 0.251 e. The molecule has 35 heavy (non-hydrogen) atoms. The molecule has 2 unspecified atom stereocenters. The maximum absolute atomic E-state index is 12.4. The molecule has 186 valence electrons. The van der Waals surface area contributed by atoms with Crippen molar-refractivity contribution >= 4 is 18.3 Å². The van der Waals surface area contributed by atoms with Crippen LogP contribution in [0.4, 0.5) is 0 Å². The fraction of sp³-hybridized carbons (Fsp3) is 0.345. The van der Waals surface area contributed by atoms with E-state index in [0.29, 0.717) is 24.2 Å². The summed E-state index contributed by atoms with van der Waals surface area (Å²) in [5.41, 5.74) is 3.23. The van der Waals surface area contributed by atoms with Crippen molar-refractivity contribution in [2.24, 2.45) is 0 Å². The summed E-state index contributed by atoms with van der Waals surface area (Å²) >= 11 is 0. The lowest BCUT2D eigenvalue weighted by molar-refractivity contribution is 0.0936. The summed E-state index contributed by atoms with van der Waals surface area (Å²) in [6, 6.07) is 29.1. The monoisotopic (exact) mass is 493 g/mol. The van der Waals surface area contributed by atoms with Crippen molar-refractivity contribution in [1.82, 2.24) is 15.5 Å². The SMILES string of the molecule is COc1ccccc1CNC1CCCN(CCCNC(=O)c2ccccc2)C1c1ccccc1.Cl. The molecule has 0 aliphatic carbocycles. The average Bonchev–Trinajstić information content (AvgIpc) is 2.91. The predicted octanol–water partition coefficient (Wildman–Crippen LogP) is 5.23. The molecule has 0 spiro atoms. The van der Waals surface area contributed by atoms with Crippen LogP contribution >= 0.6 is 12.4 Å². The molecule has 3 aromatic carbocycles. The minimum atomic E-state index is -0.00444. The van der Waals surface area contributed by atoms with E-state index >= 15 is 0 Å². The van der Waals surface area contributed by atoms with E-state index in [0.717, 1.165) is 44.6 Å². The Labute approximate surface area is 215 Å². The molecule has 3 aromatic rings. The highest BCUT2D eigenvalue weighted by Crippen LogP contribution is 2.32. The first-order valence-electron chi connectivity index (χ1n) is 12.2. The average molecular weight is 494 g/mol. The number of rotatable bonds is 10. The Morgan fingerprint density at radius 3 is 2.40 bits per heavy atom. The van der Waals surface area contributed by atoms with Crippen LogP contribution in [0.3, 0.4) is 0 Å². The molecule has 0 bridgehead atoms. The molecule has 4 rings (SSSR count). The first kappa shape index (κ1) is 26.7. The zero-order valence-corrected chi connectivity index (χ0v) is 21.2. The second-order valence-electron chi connectivity index (χ2n) is 8.81. The van der Waals surface area contributed by atoms with Gasteiger partial charge in [-0.1, -0.05) is 66.7 Å². The standard InChI is InChI=1S/C29H35N3O2.ClH/c1-34-27-18-9-8-16-25(27)22-31-26-17-10-20-32(28(26)23-12-4-2-5-13-23)21-11-19-30-29(33)24-14-6-3-7-15-24;/h2-9,12-16,18,26,28,31H,10-11,17,19-22H2,1H3,(H,30,33);1H. The van der Waals surface area contributed by atoms with Gasteiger partial charge in [-0.15, -0.1) is 12.4 Å². The first-order valence-corrected chi connectivity index (χ1v) is 12.2. The second-order valence-corrected chi connectivity index (χ2v) is 8.81. The van der Waals surface area contributed by atoms with Crippen molar-refractivity contribution in [1.29, 1.82) is 0 Å². The fourth-order valence-electron chi connectivity index (χ4n) is 4.89. The Bertz CT molecular complexity index is 1030. The number of nitrogens with one attached hydrogen (secondary N) is 2. The number of hydrogen-bond donors (Lipinski definition) is 2. The number of methoxy groups -OCH3 is 1. The molecule has 0 saturated carbocycles. The summed E-state index contributed by atoms with van der Waals surface area (Å²) in [5.74, 6) is 0.920. The second kappa shape index (κ2) is 13.9. The highest BCUT2D eigenvalue weighted by atomic mass is 35.5. The molecule has 1 saturated heterocycles. The Balaban J connectivity index is 0.00000342. The van der Waals surface area contributed by atoms with Crippen molar-refractivity contribution in [2.45, 2.75) is 37.9 Å². The molecular weight excluding hydrogens is 458 g/mol. The maximum Gasteiger partial charge on any atom is 0.251 e. The number of hydrogen-bond acceptors (Lipinski definition) is 4. The summed E-state index contributed by atoms with van der Waals surface area (Å²) in [6.45, 7) is 3.46. The fourth-order valence-corrected chi connectivity index (χ4v) is 4.89. The highest BCUT2D eigenvalue weighted by Gasteiger charge is 2.32. The number of halogens is 1. The minimum Gasteiger partial charge on any atom is -0.496 e. The Morgan fingerprint density at radius 2 is 1.66 bits per heavy atom. The summed E-state index contributed by atoms with van der Waals surface area (Å²) in [6.07, 6.45) is 3.21. The quantitative estimate of drug-likeness (QED) is 0.379. The van der Waals surface area contributed by atoms with Gasteiger partial charge in [0.1, 0.15) is 5.75 Å². The molecule has 1 amide bonds. The van der Waals surface area contributed by atoms with Gasteiger partial charge in [-0.2, -0.15) is 0 Å². The van der Waals surface area contributed by atoms with Crippen molar-refractivity contribution in [3.05, 3.63) is 102 Å². The van der Waals surface area contributed by atoms with E-state index < -0.39 is 0 Å². The van der Waals surface area contributed by atoms with Crippen molar-refractivity contribution < 1.29 is 9.53 Å². The van der Waals surface area contributed by atoms with Crippen molar-refractivity contribution in [3.8, 4) is 5.75 Å². The number of carbonyl (C=O) groups is 1. The van der Waals surface area contributed by atoms with Gasteiger partial charge < -0.3 is 15.4 Å². The molecule has 1 heterocycles. The van der Waals surface area contributed by atoms with Crippen LogP contribution in [0.25, 0.3) is 0 Å². The summed E-state index contributed by atoms with van der Waals surface area (Å²) in [4.78, 5) is 14.9.